The summed E-state index contributed by atoms with van der Waals surface area (Å²) < 4.78 is 0. The van der Waals surface area contributed by atoms with Gasteiger partial charge in [-0.05, 0) is 32.4 Å². The number of hydrogen-bond donors (Lipinski definition) is 2. The number of aromatic nitrogens is 1. The van der Waals surface area contributed by atoms with E-state index in [4.69, 9.17) is 5.11 Å². The number of nitrogens with zero attached hydrogens (tertiary/aromatic N) is 2. The Hall–Kier alpha value is -1.62. The summed E-state index contributed by atoms with van der Waals surface area (Å²) in [5.74, 6) is 0.659. The molecule has 1 rings (SSSR count). The van der Waals surface area contributed by atoms with Gasteiger partial charge in [-0.3, -0.25) is 4.79 Å². The molecule has 0 aliphatic rings. The molecule has 0 spiro atoms. The van der Waals surface area contributed by atoms with Gasteiger partial charge in [-0.15, -0.1) is 0 Å². The van der Waals surface area contributed by atoms with Gasteiger partial charge in [-0.2, -0.15) is 0 Å². The molecule has 0 aliphatic heterocycles. The van der Waals surface area contributed by atoms with Crippen molar-refractivity contribution in [3.8, 4) is 0 Å². The van der Waals surface area contributed by atoms with Crippen LogP contribution in [-0.2, 0) is 0 Å². The maximum absolute atomic E-state index is 12.4. The van der Waals surface area contributed by atoms with Crippen LogP contribution in [0.15, 0.2) is 12.1 Å². The highest BCUT2D eigenvalue weighted by Crippen LogP contribution is 2.13. The largest absolute Gasteiger partial charge is 0.395 e. The van der Waals surface area contributed by atoms with E-state index in [9.17, 15) is 4.79 Å². The highest BCUT2D eigenvalue weighted by Gasteiger charge is 2.15. The lowest BCUT2D eigenvalue weighted by molar-refractivity contribution is 0.0722. The Kier molecular flexibility index (Phi) is 6.29. The van der Waals surface area contributed by atoms with Crippen LogP contribution in [-0.4, -0.2) is 47.1 Å². The molecule has 1 aromatic rings. The van der Waals surface area contributed by atoms with Crippen LogP contribution in [0.5, 0.6) is 0 Å². The van der Waals surface area contributed by atoms with Crippen LogP contribution in [0.3, 0.4) is 0 Å². The Labute approximate surface area is 114 Å². The van der Waals surface area contributed by atoms with E-state index >= 15 is 0 Å². The van der Waals surface area contributed by atoms with Crippen LogP contribution >= 0.6 is 0 Å². The third-order valence-electron chi connectivity index (χ3n) is 2.71. The predicted molar refractivity (Wildman–Crippen MR) is 76.4 cm³/mol. The monoisotopic (exact) mass is 265 g/mol. The minimum atomic E-state index is -0.0550. The van der Waals surface area contributed by atoms with Crippen molar-refractivity contribution in [2.45, 2.75) is 27.2 Å². The number of carbonyl (C=O) groups is 1. The molecule has 0 atom stereocenters. The van der Waals surface area contributed by atoms with Crippen LogP contribution < -0.4 is 5.32 Å². The number of nitrogens with one attached hydrogen (secondary N) is 1. The standard InChI is InChI=1S/C14H23N3O2/c1-4-6-17(7-8-18)14(19)12-9-11(3)16-13(10-12)15-5-2/h9-10,18H,4-8H2,1-3H3,(H,15,16). The molecule has 0 aromatic carbocycles. The Morgan fingerprint density at radius 3 is 2.68 bits per heavy atom. The zero-order valence-corrected chi connectivity index (χ0v) is 11.9. The third-order valence-corrected chi connectivity index (χ3v) is 2.71. The van der Waals surface area contributed by atoms with Crippen LogP contribution in [0.2, 0.25) is 0 Å². The first-order valence-electron chi connectivity index (χ1n) is 6.75. The number of anilines is 1. The first-order chi connectivity index (χ1) is 9.12. The Bertz CT molecular complexity index is 415. The SMILES string of the molecule is CCCN(CCO)C(=O)c1cc(C)nc(NCC)c1. The van der Waals surface area contributed by atoms with Gasteiger partial charge >= 0.3 is 0 Å². The van der Waals surface area contributed by atoms with Gasteiger partial charge in [-0.25, -0.2) is 4.98 Å². The fourth-order valence-corrected chi connectivity index (χ4v) is 1.95. The molecule has 0 saturated carbocycles. The zero-order chi connectivity index (χ0) is 14.3. The van der Waals surface area contributed by atoms with Gasteiger partial charge in [0.1, 0.15) is 5.82 Å². The average molecular weight is 265 g/mol. The van der Waals surface area contributed by atoms with Crippen molar-refractivity contribution in [2.24, 2.45) is 0 Å². The Balaban J connectivity index is 2.95. The van der Waals surface area contributed by atoms with Crippen molar-refractivity contribution < 1.29 is 9.90 Å². The molecule has 0 fully saturated rings. The molecular formula is C14H23N3O2. The number of pyridine rings is 1. The minimum absolute atomic E-state index is 0.0180. The van der Waals surface area contributed by atoms with Crippen molar-refractivity contribution in [1.29, 1.82) is 0 Å². The number of rotatable bonds is 7. The van der Waals surface area contributed by atoms with Crippen LogP contribution in [0, 0.1) is 6.92 Å². The lowest BCUT2D eigenvalue weighted by Gasteiger charge is -2.21. The highest BCUT2D eigenvalue weighted by molar-refractivity contribution is 5.95. The van der Waals surface area contributed by atoms with E-state index in [2.05, 4.69) is 10.3 Å². The molecule has 1 heterocycles. The van der Waals surface area contributed by atoms with Gasteiger partial charge in [0.05, 0.1) is 6.61 Å². The van der Waals surface area contributed by atoms with E-state index < -0.39 is 0 Å². The Morgan fingerprint density at radius 1 is 1.37 bits per heavy atom. The second-order valence-electron chi connectivity index (χ2n) is 4.43. The molecule has 0 radical (unpaired) electrons. The summed E-state index contributed by atoms with van der Waals surface area (Å²) in [7, 11) is 0. The fraction of sp³-hybridized carbons (Fsp3) is 0.571. The van der Waals surface area contributed by atoms with Gasteiger partial charge < -0.3 is 15.3 Å². The number of carbonyl (C=O) groups excluding carboxylic acids is 1. The second-order valence-corrected chi connectivity index (χ2v) is 4.43. The van der Waals surface area contributed by atoms with Crippen LogP contribution in [0.4, 0.5) is 5.82 Å². The summed E-state index contributed by atoms with van der Waals surface area (Å²) in [6.45, 7) is 7.63. The molecule has 0 unspecified atom stereocenters. The predicted octanol–water partition coefficient (Wildman–Crippen LogP) is 1.67. The summed E-state index contributed by atoms with van der Waals surface area (Å²) in [5.41, 5.74) is 1.42. The summed E-state index contributed by atoms with van der Waals surface area (Å²) in [6, 6.07) is 3.54. The van der Waals surface area contributed by atoms with Gasteiger partial charge in [-0.1, -0.05) is 6.92 Å². The van der Waals surface area contributed by atoms with Gasteiger partial charge in [0.15, 0.2) is 0 Å². The zero-order valence-electron chi connectivity index (χ0n) is 11.9. The molecule has 19 heavy (non-hydrogen) atoms. The molecule has 0 saturated heterocycles. The van der Waals surface area contributed by atoms with E-state index in [0.29, 0.717) is 24.5 Å². The number of amides is 1. The van der Waals surface area contributed by atoms with E-state index in [1.807, 2.05) is 20.8 Å². The van der Waals surface area contributed by atoms with Crippen molar-refractivity contribution in [1.82, 2.24) is 9.88 Å². The van der Waals surface area contributed by atoms with Crippen molar-refractivity contribution in [3.63, 3.8) is 0 Å². The van der Waals surface area contributed by atoms with Crippen molar-refractivity contribution in [3.05, 3.63) is 23.4 Å². The molecule has 1 aromatic heterocycles. The first kappa shape index (κ1) is 15.4. The maximum atomic E-state index is 12.4. The normalized spacial score (nSPS) is 10.3. The quantitative estimate of drug-likeness (QED) is 0.787. The minimum Gasteiger partial charge on any atom is -0.395 e. The first-order valence-corrected chi connectivity index (χ1v) is 6.75. The molecule has 5 heteroatoms. The molecule has 5 nitrogen and oxygen atoms in total. The lowest BCUT2D eigenvalue weighted by Crippen LogP contribution is -2.34. The average Bonchev–Trinajstić information content (AvgIpc) is 2.37. The van der Waals surface area contributed by atoms with Gasteiger partial charge in [0, 0.05) is 30.9 Å². The summed E-state index contributed by atoms with van der Waals surface area (Å²) in [6.07, 6.45) is 0.871. The highest BCUT2D eigenvalue weighted by atomic mass is 16.3. The number of aliphatic hydroxyl groups is 1. The van der Waals surface area contributed by atoms with E-state index in [1.54, 1.807) is 17.0 Å². The Morgan fingerprint density at radius 2 is 2.11 bits per heavy atom. The van der Waals surface area contributed by atoms with Crippen LogP contribution in [0.1, 0.15) is 36.3 Å². The molecule has 0 bridgehead atoms. The van der Waals surface area contributed by atoms with E-state index in [-0.39, 0.29) is 12.5 Å². The molecule has 106 valence electrons. The van der Waals surface area contributed by atoms with Crippen molar-refractivity contribution in [2.75, 3.05) is 31.6 Å². The smallest absolute Gasteiger partial charge is 0.254 e. The number of aryl methyl sites for hydroxylation is 1. The van der Waals surface area contributed by atoms with Gasteiger partial charge in [0.25, 0.3) is 5.91 Å². The van der Waals surface area contributed by atoms with E-state index in [1.165, 1.54) is 0 Å². The van der Waals surface area contributed by atoms with E-state index in [0.717, 1.165) is 18.7 Å². The van der Waals surface area contributed by atoms with Crippen LogP contribution in [0.25, 0.3) is 0 Å². The van der Waals surface area contributed by atoms with Gasteiger partial charge in [0.2, 0.25) is 0 Å². The fourth-order valence-electron chi connectivity index (χ4n) is 1.95. The summed E-state index contributed by atoms with van der Waals surface area (Å²) >= 11 is 0. The summed E-state index contributed by atoms with van der Waals surface area (Å²) in [4.78, 5) is 18.4. The number of aliphatic hydroxyl groups excluding tert-OH is 1. The topological polar surface area (TPSA) is 65.5 Å². The summed E-state index contributed by atoms with van der Waals surface area (Å²) in [5, 5.41) is 12.1. The molecular weight excluding hydrogens is 242 g/mol. The maximum Gasteiger partial charge on any atom is 0.254 e. The molecule has 2 N–H and O–H groups in total. The molecule has 1 amide bonds. The number of hydrogen-bond acceptors (Lipinski definition) is 4. The second kappa shape index (κ2) is 7.74. The lowest BCUT2D eigenvalue weighted by atomic mass is 10.2. The third kappa shape index (κ3) is 4.52. The molecule has 0 aliphatic carbocycles. The van der Waals surface area contributed by atoms with Crippen molar-refractivity contribution >= 4 is 11.7 Å².